The fourth-order valence-corrected chi connectivity index (χ4v) is 3.74. The molecular formula is C19H19N3O3. The lowest BCUT2D eigenvalue weighted by atomic mass is 9.95. The van der Waals surface area contributed by atoms with Crippen LogP contribution in [0.15, 0.2) is 30.1 Å². The number of carbonyl (C=O) groups excluding carboxylic acids is 1. The van der Waals surface area contributed by atoms with Gasteiger partial charge in [0.05, 0.1) is 17.1 Å². The maximum absolute atomic E-state index is 12.3. The first-order chi connectivity index (χ1) is 12.1. The summed E-state index contributed by atoms with van der Waals surface area (Å²) in [5.41, 5.74) is 6.10. The summed E-state index contributed by atoms with van der Waals surface area (Å²) >= 11 is 0. The number of carbonyl (C=O) groups is 2. The van der Waals surface area contributed by atoms with E-state index in [-0.39, 0.29) is 6.54 Å². The molecule has 2 aromatic rings. The van der Waals surface area contributed by atoms with Crippen LogP contribution in [0.4, 0.5) is 4.79 Å². The fourth-order valence-electron chi connectivity index (χ4n) is 3.74. The Kier molecular flexibility index (Phi) is 3.67. The first-order valence-corrected chi connectivity index (χ1v) is 8.46. The maximum Gasteiger partial charge on any atom is 0.414 e. The molecule has 1 aromatic heterocycles. The number of fused-ring (bicyclic) bond motifs is 3. The maximum atomic E-state index is 12.3. The summed E-state index contributed by atoms with van der Waals surface area (Å²) in [7, 11) is 0. The van der Waals surface area contributed by atoms with Gasteiger partial charge in [0.25, 0.3) is 5.91 Å². The number of rotatable bonds is 1. The van der Waals surface area contributed by atoms with Crippen LogP contribution in [0.2, 0.25) is 0 Å². The van der Waals surface area contributed by atoms with E-state index < -0.39 is 12.0 Å². The lowest BCUT2D eigenvalue weighted by Gasteiger charge is -2.24. The second kappa shape index (κ2) is 5.88. The average Bonchev–Trinajstić information content (AvgIpc) is 3.00. The van der Waals surface area contributed by atoms with Crippen molar-refractivity contribution in [3.8, 4) is 5.69 Å². The van der Waals surface area contributed by atoms with Crippen molar-refractivity contribution in [1.29, 1.82) is 0 Å². The Morgan fingerprint density at radius 1 is 1.28 bits per heavy atom. The third-order valence-corrected chi connectivity index (χ3v) is 5.05. The van der Waals surface area contributed by atoms with Crippen molar-refractivity contribution in [1.82, 2.24) is 14.5 Å². The van der Waals surface area contributed by atoms with Crippen molar-refractivity contribution in [3.63, 3.8) is 0 Å². The van der Waals surface area contributed by atoms with Crippen molar-refractivity contribution in [2.24, 2.45) is 0 Å². The van der Waals surface area contributed by atoms with Gasteiger partial charge in [0.2, 0.25) is 0 Å². The molecule has 0 atom stereocenters. The number of benzene rings is 1. The Morgan fingerprint density at radius 3 is 2.92 bits per heavy atom. The monoisotopic (exact) mass is 337 g/mol. The molecule has 128 valence electrons. The molecule has 4 rings (SSSR count). The third-order valence-electron chi connectivity index (χ3n) is 5.05. The SMILES string of the molecule is Cc1cccc2c1CCc1c(/C=C3\CCCN(C(=O)O)C3=O)ncn1-2. The molecule has 2 amide bonds. The molecule has 0 bridgehead atoms. The predicted octanol–water partition coefficient (Wildman–Crippen LogP) is 2.96. The Balaban J connectivity index is 1.73. The van der Waals surface area contributed by atoms with Gasteiger partial charge >= 0.3 is 6.09 Å². The molecule has 3 heterocycles. The van der Waals surface area contributed by atoms with E-state index in [4.69, 9.17) is 5.11 Å². The topological polar surface area (TPSA) is 75.4 Å². The Morgan fingerprint density at radius 2 is 2.12 bits per heavy atom. The molecule has 6 heteroatoms. The van der Waals surface area contributed by atoms with Gasteiger partial charge in [0.1, 0.15) is 6.33 Å². The lowest BCUT2D eigenvalue weighted by molar-refractivity contribution is -0.126. The summed E-state index contributed by atoms with van der Waals surface area (Å²) in [6.07, 6.45) is 5.41. The van der Waals surface area contributed by atoms with Crippen LogP contribution >= 0.6 is 0 Å². The zero-order valence-corrected chi connectivity index (χ0v) is 14.0. The Hall–Kier alpha value is -2.89. The zero-order chi connectivity index (χ0) is 17.6. The lowest BCUT2D eigenvalue weighted by Crippen LogP contribution is -2.40. The van der Waals surface area contributed by atoms with Crippen molar-refractivity contribution in [2.45, 2.75) is 32.6 Å². The van der Waals surface area contributed by atoms with Crippen LogP contribution in [0.3, 0.4) is 0 Å². The summed E-state index contributed by atoms with van der Waals surface area (Å²) in [6, 6.07) is 6.24. The first-order valence-electron chi connectivity index (χ1n) is 8.46. The van der Waals surface area contributed by atoms with Crippen LogP contribution in [-0.2, 0) is 17.6 Å². The summed E-state index contributed by atoms with van der Waals surface area (Å²) in [5, 5.41) is 9.14. The molecule has 0 radical (unpaired) electrons. The molecule has 2 aliphatic rings. The minimum Gasteiger partial charge on any atom is -0.465 e. The van der Waals surface area contributed by atoms with Crippen LogP contribution < -0.4 is 0 Å². The molecule has 1 saturated heterocycles. The van der Waals surface area contributed by atoms with Crippen LogP contribution in [0.1, 0.15) is 35.4 Å². The second-order valence-electron chi connectivity index (χ2n) is 6.53. The predicted molar refractivity (Wildman–Crippen MR) is 92.7 cm³/mol. The molecule has 0 aliphatic carbocycles. The van der Waals surface area contributed by atoms with Gasteiger partial charge in [-0.15, -0.1) is 0 Å². The number of amides is 2. The van der Waals surface area contributed by atoms with Crippen LogP contribution in [0.5, 0.6) is 0 Å². The normalized spacial score (nSPS) is 18.2. The highest BCUT2D eigenvalue weighted by atomic mass is 16.4. The number of imidazole rings is 1. The molecule has 2 aliphatic heterocycles. The first kappa shape index (κ1) is 15.6. The van der Waals surface area contributed by atoms with Gasteiger partial charge in [-0.05, 0) is 55.9 Å². The van der Waals surface area contributed by atoms with Gasteiger partial charge in [-0.25, -0.2) is 14.7 Å². The van der Waals surface area contributed by atoms with E-state index in [0.29, 0.717) is 18.4 Å². The minimum absolute atomic E-state index is 0.263. The minimum atomic E-state index is -1.19. The van der Waals surface area contributed by atoms with Gasteiger partial charge in [-0.2, -0.15) is 0 Å². The highest BCUT2D eigenvalue weighted by molar-refractivity contribution is 6.05. The number of nitrogens with zero attached hydrogens (tertiary/aromatic N) is 3. The van der Waals surface area contributed by atoms with E-state index in [9.17, 15) is 9.59 Å². The number of imide groups is 1. The molecule has 1 fully saturated rings. The second-order valence-corrected chi connectivity index (χ2v) is 6.53. The molecular weight excluding hydrogens is 318 g/mol. The highest BCUT2D eigenvalue weighted by Crippen LogP contribution is 2.30. The summed E-state index contributed by atoms with van der Waals surface area (Å²) in [5.74, 6) is -0.424. The molecule has 0 unspecified atom stereocenters. The van der Waals surface area contributed by atoms with Crippen molar-refractivity contribution < 1.29 is 14.7 Å². The number of aryl methyl sites for hydroxylation is 1. The molecule has 0 spiro atoms. The van der Waals surface area contributed by atoms with Gasteiger partial charge < -0.3 is 9.67 Å². The molecule has 0 saturated carbocycles. The molecule has 6 nitrogen and oxygen atoms in total. The van der Waals surface area contributed by atoms with Gasteiger partial charge in [-0.1, -0.05) is 12.1 Å². The van der Waals surface area contributed by atoms with Gasteiger partial charge in [0, 0.05) is 12.1 Å². The molecule has 1 aromatic carbocycles. The number of carboxylic acid groups (broad SMARTS) is 1. The standard InChI is InChI=1S/C19H19N3O3/c1-12-4-2-6-16-14(12)7-8-17-15(20-11-22(16)17)10-13-5-3-9-21(18(13)23)19(24)25/h2,4,6,10-11H,3,5,7-9H2,1H3,(H,24,25)/b13-10+. The van der Waals surface area contributed by atoms with E-state index >= 15 is 0 Å². The average molecular weight is 337 g/mol. The van der Waals surface area contributed by atoms with Gasteiger partial charge in [0.15, 0.2) is 0 Å². The third kappa shape index (κ3) is 2.54. The molecule has 1 N–H and O–H groups in total. The van der Waals surface area contributed by atoms with Crippen LogP contribution in [-0.4, -0.2) is 38.1 Å². The number of hydrogen-bond donors (Lipinski definition) is 1. The van der Waals surface area contributed by atoms with E-state index in [0.717, 1.165) is 34.8 Å². The van der Waals surface area contributed by atoms with Crippen LogP contribution in [0, 0.1) is 6.92 Å². The number of hydrogen-bond acceptors (Lipinski definition) is 3. The van der Waals surface area contributed by atoms with E-state index in [1.165, 1.54) is 11.1 Å². The van der Waals surface area contributed by atoms with Gasteiger partial charge in [-0.3, -0.25) is 4.79 Å². The van der Waals surface area contributed by atoms with Crippen molar-refractivity contribution in [2.75, 3.05) is 6.54 Å². The summed E-state index contributed by atoms with van der Waals surface area (Å²) < 4.78 is 2.08. The Bertz CT molecular complexity index is 911. The largest absolute Gasteiger partial charge is 0.465 e. The number of aromatic nitrogens is 2. The van der Waals surface area contributed by atoms with Crippen molar-refractivity contribution >= 4 is 18.1 Å². The number of likely N-dealkylation sites (tertiary alicyclic amines) is 1. The van der Waals surface area contributed by atoms with E-state index in [2.05, 4.69) is 28.6 Å². The highest BCUT2D eigenvalue weighted by Gasteiger charge is 2.29. The zero-order valence-electron chi connectivity index (χ0n) is 14.0. The van der Waals surface area contributed by atoms with Crippen molar-refractivity contribution in [3.05, 3.63) is 52.6 Å². The quantitative estimate of drug-likeness (QED) is 0.812. The summed E-state index contributed by atoms with van der Waals surface area (Å²) in [6.45, 7) is 2.38. The van der Waals surface area contributed by atoms with E-state index in [1.807, 2.05) is 6.07 Å². The van der Waals surface area contributed by atoms with Crippen LogP contribution in [0.25, 0.3) is 11.8 Å². The number of piperidine rings is 1. The Labute approximate surface area is 145 Å². The van der Waals surface area contributed by atoms with E-state index in [1.54, 1.807) is 12.4 Å². The fraction of sp³-hybridized carbons (Fsp3) is 0.316. The summed E-state index contributed by atoms with van der Waals surface area (Å²) in [4.78, 5) is 28.9. The molecule has 25 heavy (non-hydrogen) atoms. The smallest absolute Gasteiger partial charge is 0.414 e.